The molecule has 1 N–H and O–H groups in total. The van der Waals surface area contributed by atoms with Gasteiger partial charge in [-0.3, -0.25) is 0 Å². The molecule has 0 aliphatic rings. The third kappa shape index (κ3) is 4.29. The molecule has 0 fully saturated rings. The summed E-state index contributed by atoms with van der Waals surface area (Å²) in [6, 6.07) is 6.93. The van der Waals surface area contributed by atoms with Gasteiger partial charge in [0.2, 0.25) is 0 Å². The van der Waals surface area contributed by atoms with Crippen molar-refractivity contribution in [1.82, 2.24) is 9.97 Å². The Hall–Kier alpha value is -2.90. The summed E-state index contributed by atoms with van der Waals surface area (Å²) in [5, 5.41) is 0. The first kappa shape index (κ1) is 16.5. The Bertz CT molecular complexity index is 793. The van der Waals surface area contributed by atoms with Crippen LogP contribution in [0.2, 0.25) is 0 Å². The fourth-order valence-electron chi connectivity index (χ4n) is 1.74. The number of nitrogens with zero attached hydrogens (tertiary/aromatic N) is 1. The van der Waals surface area contributed by atoms with E-state index in [1.165, 1.54) is 31.4 Å². The topological polar surface area (TPSA) is 72.1 Å². The smallest absolute Gasteiger partial charge is 0.431 e. The van der Waals surface area contributed by atoms with Gasteiger partial charge < -0.3 is 9.72 Å². The molecule has 0 spiro atoms. The minimum Gasteiger partial charge on any atom is -0.465 e. The summed E-state index contributed by atoms with van der Waals surface area (Å²) < 4.78 is 42.3. The quantitative estimate of drug-likeness (QED) is 0.881. The van der Waals surface area contributed by atoms with Gasteiger partial charge in [0.25, 0.3) is 0 Å². The monoisotopic (exact) mass is 324 g/mol. The molecule has 0 atom stereocenters. The molecule has 0 aliphatic heterocycles. The number of nitrogens with one attached hydrogen (secondary N) is 1. The first-order valence-corrected chi connectivity index (χ1v) is 6.34. The molecule has 0 saturated carbocycles. The second kappa shape index (κ2) is 6.47. The van der Waals surface area contributed by atoms with Gasteiger partial charge in [0, 0.05) is 0 Å². The normalized spacial score (nSPS) is 11.7. The maximum absolute atomic E-state index is 12.6. The van der Waals surface area contributed by atoms with Crippen LogP contribution >= 0.6 is 0 Å². The predicted octanol–water partition coefficient (Wildman–Crippen LogP) is 2.75. The molecule has 0 saturated heterocycles. The Morgan fingerprint density at radius 2 is 1.87 bits per heavy atom. The van der Waals surface area contributed by atoms with Gasteiger partial charge in [-0.1, -0.05) is 18.2 Å². The third-order valence-electron chi connectivity index (χ3n) is 2.85. The molecule has 1 heterocycles. The van der Waals surface area contributed by atoms with Gasteiger partial charge in [-0.15, -0.1) is 0 Å². The number of hydrogen-bond donors (Lipinski definition) is 1. The second-order valence-corrected chi connectivity index (χ2v) is 4.47. The van der Waals surface area contributed by atoms with E-state index >= 15 is 0 Å². The van der Waals surface area contributed by atoms with Crippen LogP contribution in [-0.2, 0) is 10.9 Å². The maximum atomic E-state index is 12.6. The van der Waals surface area contributed by atoms with Crippen molar-refractivity contribution in [2.45, 2.75) is 6.18 Å². The number of benzene rings is 1. The maximum Gasteiger partial charge on any atom is 0.431 e. The Morgan fingerprint density at radius 3 is 2.43 bits per heavy atom. The zero-order valence-corrected chi connectivity index (χ0v) is 11.8. The van der Waals surface area contributed by atoms with Crippen LogP contribution in [0.25, 0.3) is 12.2 Å². The molecule has 0 aliphatic carbocycles. The van der Waals surface area contributed by atoms with Gasteiger partial charge >= 0.3 is 17.8 Å². The van der Waals surface area contributed by atoms with Crippen molar-refractivity contribution in [3.05, 3.63) is 63.3 Å². The molecule has 0 amide bonds. The minimum absolute atomic E-state index is 0.127. The van der Waals surface area contributed by atoms with Crippen molar-refractivity contribution in [1.29, 1.82) is 0 Å². The lowest BCUT2D eigenvalue weighted by molar-refractivity contribution is -0.141. The summed E-state index contributed by atoms with van der Waals surface area (Å²) in [6.07, 6.45) is -1.91. The van der Waals surface area contributed by atoms with E-state index in [0.717, 1.165) is 6.07 Å². The molecule has 2 rings (SSSR count). The van der Waals surface area contributed by atoms with Crippen LogP contribution in [0.1, 0.15) is 27.3 Å². The predicted molar refractivity (Wildman–Crippen MR) is 76.6 cm³/mol. The van der Waals surface area contributed by atoms with E-state index in [1.54, 1.807) is 17.1 Å². The number of hydrogen-bond acceptors (Lipinski definition) is 4. The van der Waals surface area contributed by atoms with Crippen LogP contribution < -0.4 is 5.69 Å². The van der Waals surface area contributed by atoms with Crippen LogP contribution in [-0.4, -0.2) is 23.0 Å². The second-order valence-electron chi connectivity index (χ2n) is 4.47. The number of alkyl halides is 3. The average Bonchev–Trinajstić information content (AvgIpc) is 2.51. The lowest BCUT2D eigenvalue weighted by Crippen LogP contribution is -2.19. The highest BCUT2D eigenvalue weighted by Gasteiger charge is 2.32. The molecule has 23 heavy (non-hydrogen) atoms. The zero-order valence-electron chi connectivity index (χ0n) is 11.8. The molecule has 1 aromatic carbocycles. The summed E-state index contributed by atoms with van der Waals surface area (Å²) in [7, 11) is 1.26. The molecule has 1 aromatic heterocycles. The van der Waals surface area contributed by atoms with Gasteiger partial charge in [0.05, 0.1) is 18.4 Å². The highest BCUT2D eigenvalue weighted by atomic mass is 19.4. The molecular formula is C15H11F3N2O3. The zero-order chi connectivity index (χ0) is 17.0. The molecular weight excluding hydrogens is 313 g/mol. The van der Waals surface area contributed by atoms with Crippen molar-refractivity contribution < 1.29 is 22.7 Å². The summed E-state index contributed by atoms with van der Waals surface area (Å²) in [4.78, 5) is 27.5. The van der Waals surface area contributed by atoms with Gasteiger partial charge in [-0.2, -0.15) is 18.2 Å². The number of carbonyl (C=O) groups excluding carboxylic acids is 1. The SMILES string of the molecule is COC(=O)c1ccc(/C=C/c2cc(C(F)(F)F)[nH]c(=O)n2)cc1. The summed E-state index contributed by atoms with van der Waals surface area (Å²) in [5.74, 6) is -0.494. The number of H-pyrrole nitrogens is 1. The van der Waals surface area contributed by atoms with Crippen LogP contribution in [0.15, 0.2) is 35.1 Å². The van der Waals surface area contributed by atoms with E-state index in [0.29, 0.717) is 11.1 Å². The van der Waals surface area contributed by atoms with Crippen molar-refractivity contribution in [2.24, 2.45) is 0 Å². The van der Waals surface area contributed by atoms with Crippen LogP contribution in [0.5, 0.6) is 0 Å². The van der Waals surface area contributed by atoms with Gasteiger partial charge in [0.15, 0.2) is 0 Å². The van der Waals surface area contributed by atoms with E-state index in [9.17, 15) is 22.8 Å². The first-order valence-electron chi connectivity index (χ1n) is 6.34. The van der Waals surface area contributed by atoms with Crippen molar-refractivity contribution in [3.63, 3.8) is 0 Å². The Balaban J connectivity index is 2.25. The summed E-state index contributed by atoms with van der Waals surface area (Å²) in [5.41, 5.74) is -1.41. The van der Waals surface area contributed by atoms with E-state index in [-0.39, 0.29) is 5.69 Å². The Morgan fingerprint density at radius 1 is 1.22 bits per heavy atom. The molecule has 120 valence electrons. The van der Waals surface area contributed by atoms with Crippen LogP contribution in [0.3, 0.4) is 0 Å². The lowest BCUT2D eigenvalue weighted by atomic mass is 10.1. The van der Waals surface area contributed by atoms with Crippen molar-refractivity contribution >= 4 is 18.1 Å². The van der Waals surface area contributed by atoms with E-state index < -0.39 is 23.5 Å². The fraction of sp³-hybridized carbons (Fsp3) is 0.133. The number of rotatable bonds is 3. The minimum atomic E-state index is -4.66. The third-order valence-corrected chi connectivity index (χ3v) is 2.85. The molecule has 2 aromatic rings. The Kier molecular flexibility index (Phi) is 4.63. The number of esters is 1. The number of methoxy groups -OCH3 is 1. The first-order chi connectivity index (χ1) is 10.8. The van der Waals surface area contributed by atoms with Gasteiger partial charge in [-0.05, 0) is 29.8 Å². The molecule has 0 bridgehead atoms. The molecule has 0 unspecified atom stereocenters. The average molecular weight is 324 g/mol. The lowest BCUT2D eigenvalue weighted by Gasteiger charge is -2.05. The largest absolute Gasteiger partial charge is 0.465 e. The number of aromatic nitrogens is 2. The standard InChI is InChI=1S/C15H11F3N2O3/c1-23-13(21)10-5-2-9(3-6-10)4-7-11-8-12(15(16,17)18)20-14(22)19-11/h2-8H,1H3,(H,19,20,22)/b7-4+. The molecule has 0 radical (unpaired) electrons. The van der Waals surface area contributed by atoms with Crippen LogP contribution in [0, 0.1) is 0 Å². The van der Waals surface area contributed by atoms with E-state index in [4.69, 9.17) is 0 Å². The molecule has 5 nitrogen and oxygen atoms in total. The van der Waals surface area contributed by atoms with Gasteiger partial charge in [-0.25, -0.2) is 9.59 Å². The van der Waals surface area contributed by atoms with Crippen molar-refractivity contribution in [2.75, 3.05) is 7.11 Å². The molecule has 8 heteroatoms. The fourth-order valence-corrected chi connectivity index (χ4v) is 1.74. The van der Waals surface area contributed by atoms with E-state index in [1.807, 2.05) is 0 Å². The number of carbonyl (C=O) groups is 1. The number of halogens is 3. The highest BCUT2D eigenvalue weighted by molar-refractivity contribution is 5.89. The Labute approximate surface area is 128 Å². The summed E-state index contributed by atoms with van der Waals surface area (Å²) >= 11 is 0. The van der Waals surface area contributed by atoms with E-state index in [2.05, 4.69) is 9.72 Å². The summed E-state index contributed by atoms with van der Waals surface area (Å²) in [6.45, 7) is 0. The van der Waals surface area contributed by atoms with Gasteiger partial charge in [0.1, 0.15) is 5.69 Å². The highest BCUT2D eigenvalue weighted by Crippen LogP contribution is 2.27. The number of ether oxygens (including phenoxy) is 1. The van der Waals surface area contributed by atoms with Crippen LogP contribution in [0.4, 0.5) is 13.2 Å². The number of aromatic amines is 1. The van der Waals surface area contributed by atoms with Crippen molar-refractivity contribution in [3.8, 4) is 0 Å².